The van der Waals surface area contributed by atoms with E-state index in [1.807, 2.05) is 23.5 Å². The SMILES string of the molecule is C1=CC2C(CC3SC=CC32)S1. The van der Waals surface area contributed by atoms with Gasteiger partial charge in [-0.1, -0.05) is 12.2 Å². The Hall–Kier alpha value is 0.180. The van der Waals surface area contributed by atoms with Gasteiger partial charge >= 0.3 is 0 Å². The van der Waals surface area contributed by atoms with Crippen molar-refractivity contribution in [3.8, 4) is 0 Å². The van der Waals surface area contributed by atoms with Crippen molar-refractivity contribution >= 4 is 23.5 Å². The third-order valence-electron chi connectivity index (χ3n) is 2.88. The standard InChI is InChI=1S/C9H10S2/c1-3-10-8-5-9-7(6(1)8)2-4-11-9/h1-4,6-9H,5H2. The Labute approximate surface area is 75.5 Å². The number of allylic oxidation sites excluding steroid dienone is 2. The van der Waals surface area contributed by atoms with Crippen LogP contribution in [0, 0.1) is 11.8 Å². The van der Waals surface area contributed by atoms with E-state index in [2.05, 4.69) is 23.0 Å². The molecule has 0 aromatic carbocycles. The van der Waals surface area contributed by atoms with E-state index in [0.717, 1.165) is 22.3 Å². The van der Waals surface area contributed by atoms with Gasteiger partial charge in [-0.2, -0.15) is 0 Å². The zero-order chi connectivity index (χ0) is 7.26. The largest absolute Gasteiger partial charge is 0.130 e. The van der Waals surface area contributed by atoms with Gasteiger partial charge < -0.3 is 0 Å². The topological polar surface area (TPSA) is 0 Å². The van der Waals surface area contributed by atoms with Gasteiger partial charge in [0.1, 0.15) is 0 Å². The van der Waals surface area contributed by atoms with Gasteiger partial charge in [-0.3, -0.25) is 0 Å². The molecular formula is C9H10S2. The van der Waals surface area contributed by atoms with Crippen LogP contribution in [0.3, 0.4) is 0 Å². The molecule has 0 saturated heterocycles. The highest BCUT2D eigenvalue weighted by molar-refractivity contribution is 8.04. The lowest BCUT2D eigenvalue weighted by Gasteiger charge is -2.11. The maximum atomic E-state index is 2.41. The van der Waals surface area contributed by atoms with Gasteiger partial charge in [-0.25, -0.2) is 0 Å². The molecule has 4 unspecified atom stereocenters. The van der Waals surface area contributed by atoms with E-state index in [-0.39, 0.29) is 0 Å². The van der Waals surface area contributed by atoms with Crippen LogP contribution in [0.25, 0.3) is 0 Å². The Morgan fingerprint density at radius 2 is 1.45 bits per heavy atom. The average molecular weight is 182 g/mol. The van der Waals surface area contributed by atoms with E-state index < -0.39 is 0 Å². The fourth-order valence-corrected chi connectivity index (χ4v) is 4.92. The highest BCUT2D eigenvalue weighted by Crippen LogP contribution is 2.52. The maximum Gasteiger partial charge on any atom is 0.0168 e. The first kappa shape index (κ1) is 6.67. The molecule has 2 heteroatoms. The molecule has 0 bridgehead atoms. The third kappa shape index (κ3) is 0.858. The molecule has 0 spiro atoms. The highest BCUT2D eigenvalue weighted by atomic mass is 32.2. The summed E-state index contributed by atoms with van der Waals surface area (Å²) in [6.07, 6.45) is 6.25. The van der Waals surface area contributed by atoms with Gasteiger partial charge in [-0.05, 0) is 29.1 Å². The fraction of sp³-hybridized carbons (Fsp3) is 0.556. The molecule has 11 heavy (non-hydrogen) atoms. The predicted molar refractivity (Wildman–Crippen MR) is 52.6 cm³/mol. The maximum absolute atomic E-state index is 2.41. The smallest absolute Gasteiger partial charge is 0.0168 e. The second-order valence-electron chi connectivity index (χ2n) is 3.40. The number of hydrogen-bond donors (Lipinski definition) is 0. The molecule has 2 heterocycles. The molecule has 0 radical (unpaired) electrons. The van der Waals surface area contributed by atoms with Crippen LogP contribution in [0.1, 0.15) is 6.42 Å². The van der Waals surface area contributed by atoms with Crippen molar-refractivity contribution in [3.05, 3.63) is 23.0 Å². The van der Waals surface area contributed by atoms with Crippen molar-refractivity contribution in [1.82, 2.24) is 0 Å². The molecule has 1 aliphatic carbocycles. The van der Waals surface area contributed by atoms with E-state index in [9.17, 15) is 0 Å². The van der Waals surface area contributed by atoms with Crippen molar-refractivity contribution in [2.24, 2.45) is 11.8 Å². The Morgan fingerprint density at radius 3 is 2.00 bits per heavy atom. The summed E-state index contributed by atoms with van der Waals surface area (Å²) in [5, 5.41) is 6.43. The summed E-state index contributed by atoms with van der Waals surface area (Å²) in [7, 11) is 0. The van der Waals surface area contributed by atoms with Crippen molar-refractivity contribution in [2.45, 2.75) is 16.9 Å². The zero-order valence-corrected chi connectivity index (χ0v) is 7.78. The van der Waals surface area contributed by atoms with E-state index in [4.69, 9.17) is 0 Å². The summed E-state index contributed by atoms with van der Waals surface area (Å²) in [5.41, 5.74) is 0. The summed E-state index contributed by atoms with van der Waals surface area (Å²) >= 11 is 4.08. The van der Waals surface area contributed by atoms with Crippen LogP contribution < -0.4 is 0 Å². The van der Waals surface area contributed by atoms with E-state index in [1.54, 1.807) is 0 Å². The van der Waals surface area contributed by atoms with Gasteiger partial charge in [0.15, 0.2) is 0 Å². The second-order valence-corrected chi connectivity index (χ2v) is 5.70. The molecule has 4 atom stereocenters. The Balaban J connectivity index is 1.94. The normalized spacial score (nSPS) is 51.6. The van der Waals surface area contributed by atoms with Crippen LogP contribution >= 0.6 is 23.5 Å². The van der Waals surface area contributed by atoms with Crippen LogP contribution in [0.4, 0.5) is 0 Å². The van der Waals surface area contributed by atoms with Gasteiger partial charge in [0.2, 0.25) is 0 Å². The van der Waals surface area contributed by atoms with Crippen molar-refractivity contribution in [1.29, 1.82) is 0 Å². The fourth-order valence-electron chi connectivity index (χ4n) is 2.31. The zero-order valence-electron chi connectivity index (χ0n) is 6.14. The molecular weight excluding hydrogens is 172 g/mol. The molecule has 0 amide bonds. The summed E-state index contributed by atoms with van der Waals surface area (Å²) in [6.45, 7) is 0. The monoisotopic (exact) mass is 182 g/mol. The second kappa shape index (κ2) is 2.33. The number of hydrogen-bond acceptors (Lipinski definition) is 2. The minimum Gasteiger partial charge on any atom is -0.130 e. The first-order chi connectivity index (χ1) is 5.45. The van der Waals surface area contributed by atoms with E-state index in [0.29, 0.717) is 0 Å². The van der Waals surface area contributed by atoms with Crippen LogP contribution in [0.5, 0.6) is 0 Å². The third-order valence-corrected chi connectivity index (χ3v) is 5.22. The summed E-state index contributed by atoms with van der Waals surface area (Å²) in [4.78, 5) is 0. The van der Waals surface area contributed by atoms with Gasteiger partial charge in [0.25, 0.3) is 0 Å². The quantitative estimate of drug-likeness (QED) is 0.565. The molecule has 58 valence electrons. The minimum atomic E-state index is 0.872. The van der Waals surface area contributed by atoms with Crippen LogP contribution in [0.15, 0.2) is 23.0 Å². The lowest BCUT2D eigenvalue weighted by molar-refractivity contribution is 0.583. The van der Waals surface area contributed by atoms with Gasteiger partial charge in [0, 0.05) is 10.5 Å². The Morgan fingerprint density at radius 1 is 0.909 bits per heavy atom. The lowest BCUT2D eigenvalue weighted by atomic mass is 9.96. The Bertz CT molecular complexity index is 208. The van der Waals surface area contributed by atoms with Crippen LogP contribution in [-0.4, -0.2) is 10.5 Å². The average Bonchev–Trinajstić information content (AvgIpc) is 2.52. The van der Waals surface area contributed by atoms with E-state index in [1.165, 1.54) is 6.42 Å². The molecule has 3 rings (SSSR count). The molecule has 0 aromatic heterocycles. The van der Waals surface area contributed by atoms with Crippen molar-refractivity contribution in [3.63, 3.8) is 0 Å². The molecule has 1 fully saturated rings. The van der Waals surface area contributed by atoms with Gasteiger partial charge in [-0.15, -0.1) is 23.5 Å². The van der Waals surface area contributed by atoms with Crippen LogP contribution in [0.2, 0.25) is 0 Å². The molecule has 0 aromatic rings. The molecule has 1 saturated carbocycles. The van der Waals surface area contributed by atoms with Crippen molar-refractivity contribution < 1.29 is 0 Å². The highest BCUT2D eigenvalue weighted by Gasteiger charge is 2.44. The molecule has 2 aliphatic heterocycles. The van der Waals surface area contributed by atoms with Crippen molar-refractivity contribution in [2.75, 3.05) is 0 Å². The molecule has 0 N–H and O–H groups in total. The predicted octanol–water partition coefficient (Wildman–Crippen LogP) is 2.88. The first-order valence-electron chi connectivity index (χ1n) is 4.09. The first-order valence-corrected chi connectivity index (χ1v) is 5.98. The number of fused-ring (bicyclic) bond motifs is 3. The number of rotatable bonds is 0. The number of thioether (sulfide) groups is 2. The molecule has 0 nitrogen and oxygen atoms in total. The summed E-state index contributed by atoms with van der Waals surface area (Å²) < 4.78 is 0. The summed E-state index contributed by atoms with van der Waals surface area (Å²) in [6, 6.07) is 0. The van der Waals surface area contributed by atoms with E-state index >= 15 is 0 Å². The Kier molecular flexibility index (Phi) is 1.41. The minimum absolute atomic E-state index is 0.872. The van der Waals surface area contributed by atoms with Gasteiger partial charge in [0.05, 0.1) is 0 Å². The summed E-state index contributed by atoms with van der Waals surface area (Å²) in [5.74, 6) is 1.74. The lowest BCUT2D eigenvalue weighted by Crippen LogP contribution is -2.10. The van der Waals surface area contributed by atoms with Crippen LogP contribution in [-0.2, 0) is 0 Å². The molecule has 3 aliphatic rings.